The number of allylic oxidation sites excluding steroid dienone is 3. The van der Waals surface area contributed by atoms with Crippen molar-refractivity contribution in [2.75, 3.05) is 6.73 Å². The second kappa shape index (κ2) is 10.8. The molecule has 0 atom stereocenters. The van der Waals surface area contributed by atoms with Gasteiger partial charge in [0.1, 0.15) is 17.2 Å². The molecule has 0 fully saturated rings. The number of rotatable bonds is 9. The molecule has 0 heterocycles. The topological polar surface area (TPSA) is 117 Å². The predicted octanol–water partition coefficient (Wildman–Crippen LogP) is 4.22. The summed E-state index contributed by atoms with van der Waals surface area (Å²) in [5.41, 5.74) is 10.8. The van der Waals surface area contributed by atoms with Crippen LogP contribution in [0, 0.1) is 0 Å². The fourth-order valence-corrected chi connectivity index (χ4v) is 2.28. The minimum atomic E-state index is -0.141. The van der Waals surface area contributed by atoms with E-state index in [1.165, 1.54) is 20.2 Å². The molecule has 144 valence electrons. The molecule has 0 bridgehead atoms. The minimum Gasteiger partial charge on any atom is -0.565 e. The van der Waals surface area contributed by atoms with Crippen LogP contribution in [0.25, 0.3) is 22.6 Å². The summed E-state index contributed by atoms with van der Waals surface area (Å²) in [6, 6.07) is 10.0. The molecule has 1 N–H and O–H groups in total. The number of isocyanates is 1. The van der Waals surface area contributed by atoms with Crippen LogP contribution in [-0.2, 0) is 4.79 Å². The Kier molecular flexibility index (Phi) is 7.89. The zero-order chi connectivity index (χ0) is 21.1. The Labute approximate surface area is 168 Å². The van der Waals surface area contributed by atoms with E-state index >= 15 is 0 Å². The molecule has 8 nitrogen and oxygen atoms in total. The third kappa shape index (κ3) is 6.48. The molecule has 0 aromatic heterocycles. The third-order valence-electron chi connectivity index (χ3n) is 3.67. The van der Waals surface area contributed by atoms with Gasteiger partial charge in [-0.3, -0.25) is 0 Å². The Balaban J connectivity index is 2.11. The van der Waals surface area contributed by atoms with Gasteiger partial charge in [-0.15, -0.1) is 0 Å². The van der Waals surface area contributed by atoms with Crippen LogP contribution < -0.4 is 9.39 Å². The summed E-state index contributed by atoms with van der Waals surface area (Å²) in [5.74, 6) is 0.882. The Hall–Kier alpha value is -4.19. The van der Waals surface area contributed by atoms with E-state index in [4.69, 9.17) is 14.9 Å². The van der Waals surface area contributed by atoms with Crippen molar-refractivity contribution >= 4 is 32.0 Å². The fourth-order valence-electron chi connectivity index (χ4n) is 2.28. The van der Waals surface area contributed by atoms with Crippen molar-refractivity contribution in [3.8, 4) is 17.2 Å². The molecule has 0 spiro atoms. The quantitative estimate of drug-likeness (QED) is 0.132. The van der Waals surface area contributed by atoms with Crippen molar-refractivity contribution in [2.45, 2.75) is 0 Å². The van der Waals surface area contributed by atoms with Crippen molar-refractivity contribution in [2.24, 2.45) is 10.1 Å². The molecule has 0 saturated carbocycles. The number of nitrogens with zero attached hydrogens (tertiary/aromatic N) is 4. The monoisotopic (exact) mass is 388 g/mol. The lowest BCUT2D eigenvalue weighted by molar-refractivity contribution is 0.319. The SMILES string of the molecule is BOc1ccc(/C=C/C(=C)/C=C/c2ccc(O)c(N=C=O)c2)cc1OCN=[N+]=[N-]. The van der Waals surface area contributed by atoms with Crippen molar-refractivity contribution in [1.82, 2.24) is 0 Å². The van der Waals surface area contributed by atoms with Crippen molar-refractivity contribution in [1.29, 1.82) is 0 Å². The highest BCUT2D eigenvalue weighted by Crippen LogP contribution is 2.29. The number of aliphatic imine (C=N–C) groups is 1. The number of carbonyl (C=O) groups excluding carboxylic acids is 1. The largest absolute Gasteiger partial charge is 0.565 e. The van der Waals surface area contributed by atoms with E-state index < -0.39 is 0 Å². The molecule has 0 aliphatic heterocycles. The average molecular weight is 388 g/mol. The summed E-state index contributed by atoms with van der Waals surface area (Å²) in [5, 5.41) is 13.0. The van der Waals surface area contributed by atoms with Crippen LogP contribution in [0.15, 0.2) is 70.8 Å². The highest BCUT2D eigenvalue weighted by atomic mass is 16.5. The zero-order valence-corrected chi connectivity index (χ0v) is 15.6. The van der Waals surface area contributed by atoms with Gasteiger partial charge in [-0.2, -0.15) is 4.99 Å². The van der Waals surface area contributed by atoms with Gasteiger partial charge in [0.15, 0.2) is 12.5 Å². The first-order valence-corrected chi connectivity index (χ1v) is 8.35. The Morgan fingerprint density at radius 2 is 1.90 bits per heavy atom. The van der Waals surface area contributed by atoms with Crippen molar-refractivity contribution in [3.05, 3.63) is 82.3 Å². The van der Waals surface area contributed by atoms with Crippen LogP contribution in [0.5, 0.6) is 17.2 Å². The molecule has 29 heavy (non-hydrogen) atoms. The maximum atomic E-state index is 10.4. The summed E-state index contributed by atoms with van der Waals surface area (Å²) in [7, 11) is 1.52. The van der Waals surface area contributed by atoms with Crippen LogP contribution in [0.2, 0.25) is 0 Å². The lowest BCUT2D eigenvalue weighted by Gasteiger charge is -2.10. The number of azide groups is 1. The highest BCUT2D eigenvalue weighted by molar-refractivity contribution is 6.00. The van der Waals surface area contributed by atoms with Gasteiger partial charge in [0.05, 0.1) is 0 Å². The van der Waals surface area contributed by atoms with E-state index in [1.54, 1.807) is 42.5 Å². The summed E-state index contributed by atoms with van der Waals surface area (Å²) >= 11 is 0. The summed E-state index contributed by atoms with van der Waals surface area (Å²) in [4.78, 5) is 16.5. The minimum absolute atomic E-state index is 0.0952. The van der Waals surface area contributed by atoms with Crippen LogP contribution in [0.3, 0.4) is 0 Å². The zero-order valence-electron chi connectivity index (χ0n) is 15.6. The third-order valence-corrected chi connectivity index (χ3v) is 3.67. The second-order valence-corrected chi connectivity index (χ2v) is 5.61. The number of phenols is 1. The molecule has 0 aliphatic rings. The average Bonchev–Trinajstić information content (AvgIpc) is 2.73. The number of ether oxygens (including phenoxy) is 1. The van der Waals surface area contributed by atoms with E-state index in [0.717, 1.165) is 11.1 Å². The molecule has 0 amide bonds. The molecule has 2 rings (SSSR count). The summed E-state index contributed by atoms with van der Waals surface area (Å²) < 4.78 is 10.6. The molecule has 9 heteroatoms. The van der Waals surface area contributed by atoms with Gasteiger partial charge in [0.2, 0.25) is 6.08 Å². The van der Waals surface area contributed by atoms with Gasteiger partial charge in [-0.1, -0.05) is 48.1 Å². The Morgan fingerprint density at radius 1 is 1.21 bits per heavy atom. The molecule has 0 saturated heterocycles. The van der Waals surface area contributed by atoms with E-state index in [-0.39, 0.29) is 18.2 Å². The smallest absolute Gasteiger partial charge is 0.322 e. The standard InChI is InChI=1S/C20H17BN4O4/c1-14(2-4-15-6-8-18(27)17(10-15)23-12-26)3-5-16-7-9-19(29-21)20(11-16)28-13-24-25-22/h2-11,27H,1,13,21H2/b4-2+,5-3+. The first-order chi connectivity index (χ1) is 14.1. The lowest BCUT2D eigenvalue weighted by atomic mass is 10.1. The van der Waals surface area contributed by atoms with Crippen molar-refractivity contribution < 1.29 is 19.3 Å². The van der Waals surface area contributed by atoms with E-state index in [2.05, 4.69) is 21.6 Å². The molecule has 0 aliphatic carbocycles. The number of hydrogen-bond acceptors (Lipinski definition) is 6. The second-order valence-electron chi connectivity index (χ2n) is 5.61. The van der Waals surface area contributed by atoms with Gasteiger partial charge >= 0.3 is 8.05 Å². The fraction of sp³-hybridized carbons (Fsp3) is 0.0500. The molecule has 2 aromatic rings. The van der Waals surface area contributed by atoms with Gasteiger partial charge in [-0.25, -0.2) is 4.79 Å². The maximum absolute atomic E-state index is 10.4. The summed E-state index contributed by atoms with van der Waals surface area (Å²) in [6.45, 7) is 3.82. The van der Waals surface area contributed by atoms with Gasteiger partial charge in [-0.05, 0) is 46.5 Å². The molecular formula is C20H17BN4O4. The highest BCUT2D eigenvalue weighted by Gasteiger charge is 2.04. The van der Waals surface area contributed by atoms with Gasteiger partial charge in [0, 0.05) is 4.91 Å². The van der Waals surface area contributed by atoms with Gasteiger partial charge < -0.3 is 14.5 Å². The number of phenolic OH excluding ortho intramolecular Hbond substituents is 1. The van der Waals surface area contributed by atoms with Crippen molar-refractivity contribution in [3.63, 3.8) is 0 Å². The lowest BCUT2D eigenvalue weighted by Crippen LogP contribution is -1.97. The molecule has 0 radical (unpaired) electrons. The first kappa shape index (κ1) is 21.1. The summed E-state index contributed by atoms with van der Waals surface area (Å²) in [6.07, 6.45) is 8.60. The van der Waals surface area contributed by atoms with Crippen LogP contribution in [0.1, 0.15) is 11.1 Å². The molecular weight excluding hydrogens is 371 g/mol. The first-order valence-electron chi connectivity index (χ1n) is 8.35. The van der Waals surface area contributed by atoms with E-state index in [1.807, 2.05) is 12.1 Å². The molecule has 2 aromatic carbocycles. The van der Waals surface area contributed by atoms with E-state index in [9.17, 15) is 9.90 Å². The predicted molar refractivity (Wildman–Crippen MR) is 113 cm³/mol. The number of benzene rings is 2. The molecule has 0 unspecified atom stereocenters. The maximum Gasteiger partial charge on any atom is 0.322 e. The number of hydrogen-bond donors (Lipinski definition) is 1. The van der Waals surface area contributed by atoms with Gasteiger partial charge in [0.25, 0.3) is 0 Å². The Morgan fingerprint density at radius 3 is 2.55 bits per heavy atom. The van der Waals surface area contributed by atoms with Crippen LogP contribution >= 0.6 is 0 Å². The normalized spacial score (nSPS) is 10.3. The Bertz CT molecular complexity index is 1050. The number of aromatic hydroxyl groups is 1. The van der Waals surface area contributed by atoms with Crippen LogP contribution in [-0.4, -0.2) is 26.0 Å². The van der Waals surface area contributed by atoms with E-state index in [0.29, 0.717) is 17.1 Å². The van der Waals surface area contributed by atoms with Crippen LogP contribution in [0.4, 0.5) is 5.69 Å².